The Kier molecular flexibility index (Phi) is 16.0. The first-order chi connectivity index (χ1) is 22.3. The zero-order chi connectivity index (χ0) is 38.0. The Morgan fingerprint density at radius 1 is 0.510 bits per heavy atom. The highest BCUT2D eigenvalue weighted by molar-refractivity contribution is 5.15. The molecule has 0 fully saturated rings. The van der Waals surface area contributed by atoms with Crippen molar-refractivity contribution in [2.75, 3.05) is 26.4 Å². The van der Waals surface area contributed by atoms with Crippen LogP contribution in [0.3, 0.4) is 0 Å². The largest absolute Gasteiger partial charge is 0.460 e. The van der Waals surface area contributed by atoms with Crippen LogP contribution in [-0.2, 0) is 20.8 Å². The van der Waals surface area contributed by atoms with Gasteiger partial charge in [-0.3, -0.25) is 0 Å². The van der Waals surface area contributed by atoms with Gasteiger partial charge < -0.3 is 14.2 Å². The third kappa shape index (κ3) is 10.3. The fourth-order valence-corrected chi connectivity index (χ4v) is 4.12. The molecule has 1 rings (SSSR count). The number of unbranched alkanes of at least 4 members (excludes halogenated alkanes) is 7. The summed E-state index contributed by atoms with van der Waals surface area (Å²) in [5, 5.41) is 0. The third-order valence-corrected chi connectivity index (χ3v) is 7.14. The minimum absolute atomic E-state index is 0.0830. The van der Waals surface area contributed by atoms with E-state index in [-0.39, 0.29) is 13.2 Å². The predicted octanol–water partition coefficient (Wildman–Crippen LogP) is 10.8. The highest BCUT2D eigenvalue weighted by Crippen LogP contribution is 2.63. The molecule has 1 unspecified atom stereocenters. The van der Waals surface area contributed by atoms with Gasteiger partial charge in [0.2, 0.25) is 0 Å². The molecule has 49 heavy (non-hydrogen) atoms. The molecule has 0 amide bonds. The van der Waals surface area contributed by atoms with Crippen LogP contribution in [0.2, 0.25) is 0 Å². The summed E-state index contributed by atoms with van der Waals surface area (Å²) in [6.07, 6.45) is -2.39. The Hall–Kier alpha value is -2.09. The van der Waals surface area contributed by atoms with Crippen LogP contribution in [0.25, 0.3) is 0 Å². The molecule has 0 N–H and O–H groups in total. The van der Waals surface area contributed by atoms with Crippen LogP contribution in [0.5, 0.6) is 0 Å². The van der Waals surface area contributed by atoms with Gasteiger partial charge in [0, 0.05) is 6.61 Å². The number of halogens is 17. The average Bonchev–Trinajstić information content (AvgIpc) is 2.99. The van der Waals surface area contributed by atoms with Gasteiger partial charge in [0.1, 0.15) is 12.7 Å². The van der Waals surface area contributed by atoms with Crippen molar-refractivity contribution in [3.8, 4) is 0 Å². The monoisotopic (exact) mass is 754 g/mol. The summed E-state index contributed by atoms with van der Waals surface area (Å²) in [5.74, 6) is -56.8. The summed E-state index contributed by atoms with van der Waals surface area (Å²) < 4.78 is 244. The molecular weight excluding hydrogens is 719 g/mol. The van der Waals surface area contributed by atoms with Crippen LogP contribution in [0.4, 0.5) is 74.6 Å². The van der Waals surface area contributed by atoms with E-state index in [0.29, 0.717) is 18.4 Å². The summed E-state index contributed by atoms with van der Waals surface area (Å²) in [4.78, 5) is 0. The maximum atomic E-state index is 14.2. The predicted molar refractivity (Wildman–Crippen MR) is 140 cm³/mol. The van der Waals surface area contributed by atoms with E-state index in [2.05, 4.69) is 4.74 Å². The van der Waals surface area contributed by atoms with E-state index in [1.807, 2.05) is 6.92 Å². The quantitative estimate of drug-likeness (QED) is 0.0777. The number of alkyl halides is 17. The van der Waals surface area contributed by atoms with Crippen LogP contribution in [0.15, 0.2) is 30.3 Å². The van der Waals surface area contributed by atoms with Crippen molar-refractivity contribution in [2.45, 2.75) is 119 Å². The lowest BCUT2D eigenvalue weighted by Gasteiger charge is -2.42. The van der Waals surface area contributed by atoms with Gasteiger partial charge in [-0.1, -0.05) is 82.2 Å². The fourth-order valence-electron chi connectivity index (χ4n) is 4.12. The van der Waals surface area contributed by atoms with Gasteiger partial charge in [-0.05, 0) is 12.0 Å². The summed E-state index contributed by atoms with van der Waals surface area (Å²) in [6, 6.07) is 8.12. The zero-order valence-electron chi connectivity index (χ0n) is 25.8. The lowest BCUT2D eigenvalue weighted by atomic mass is 9.89. The fraction of sp³-hybridized carbons (Fsp3) is 0.793. The van der Waals surface area contributed by atoms with E-state index in [4.69, 9.17) is 9.47 Å². The van der Waals surface area contributed by atoms with Gasteiger partial charge in [-0.25, -0.2) is 0 Å². The Balaban J connectivity index is 3.03. The Labute approximate surface area is 270 Å². The first kappa shape index (κ1) is 44.9. The van der Waals surface area contributed by atoms with Crippen molar-refractivity contribution < 1.29 is 88.8 Å². The van der Waals surface area contributed by atoms with Crippen molar-refractivity contribution in [2.24, 2.45) is 0 Å². The van der Waals surface area contributed by atoms with E-state index >= 15 is 0 Å². The van der Waals surface area contributed by atoms with E-state index in [0.717, 1.165) is 38.5 Å². The molecule has 20 heteroatoms. The Morgan fingerprint density at radius 2 is 0.939 bits per heavy atom. The highest BCUT2D eigenvalue weighted by Gasteiger charge is 2.95. The van der Waals surface area contributed by atoms with Crippen LogP contribution in [0.1, 0.15) is 63.9 Å². The molecule has 288 valence electrons. The van der Waals surface area contributed by atoms with Crippen molar-refractivity contribution >= 4 is 0 Å². The number of rotatable bonds is 24. The summed E-state index contributed by atoms with van der Waals surface area (Å²) >= 11 is 0. The second-order valence-electron chi connectivity index (χ2n) is 11.1. The van der Waals surface area contributed by atoms with Crippen LogP contribution in [-0.4, -0.2) is 80.2 Å². The highest BCUT2D eigenvalue weighted by atomic mass is 19.4. The maximum absolute atomic E-state index is 14.2. The Morgan fingerprint density at radius 3 is 1.43 bits per heavy atom. The molecule has 0 saturated carbocycles. The molecule has 0 heterocycles. The summed E-state index contributed by atoms with van der Waals surface area (Å²) in [7, 11) is 0. The van der Waals surface area contributed by atoms with Crippen molar-refractivity contribution in [1.82, 2.24) is 0 Å². The van der Waals surface area contributed by atoms with Gasteiger partial charge >= 0.3 is 47.6 Å². The number of benzene rings is 1. The summed E-state index contributed by atoms with van der Waals surface area (Å²) in [5.41, 5.74) is 0.593. The van der Waals surface area contributed by atoms with Crippen LogP contribution in [0, 0.1) is 0 Å². The second kappa shape index (κ2) is 17.4. The normalized spacial score (nSPS) is 15.1. The van der Waals surface area contributed by atoms with Gasteiger partial charge in [0.15, 0.2) is 0 Å². The molecule has 0 bridgehead atoms. The first-order valence-corrected chi connectivity index (χ1v) is 14.8. The lowest BCUT2D eigenvalue weighted by Crippen LogP contribution is -2.74. The van der Waals surface area contributed by atoms with E-state index < -0.39 is 73.6 Å². The van der Waals surface area contributed by atoms with Crippen molar-refractivity contribution in [3.05, 3.63) is 35.9 Å². The molecule has 1 aromatic carbocycles. The average molecular weight is 755 g/mol. The van der Waals surface area contributed by atoms with E-state index in [1.165, 1.54) is 0 Å². The van der Waals surface area contributed by atoms with Gasteiger partial charge in [-0.2, -0.15) is 74.6 Å². The van der Waals surface area contributed by atoms with Gasteiger partial charge in [0.25, 0.3) is 0 Å². The molecule has 0 aliphatic rings. The smallest absolute Gasteiger partial charge is 0.374 e. The molecule has 1 atom stereocenters. The topological polar surface area (TPSA) is 27.7 Å². The standard InChI is InChI=1S/C29H35F17O3/c1-2-3-4-5-6-7-8-12-15-49-21(17-47-16-20-13-10-9-11-14-20)18-48-19-22(30,31)23(32,33)24(34,35)25(36,37)26(38,39)27(40,41)28(42,43)29(44,45)46/h9-11,13-14,21H,2-8,12,15-19H2,1H3. The van der Waals surface area contributed by atoms with Crippen LogP contribution >= 0.6 is 0 Å². The molecular formula is C29H35F17O3. The SMILES string of the molecule is CCCCCCCCCCOC(COCc1ccccc1)COCC(F)(F)C(F)(F)C(F)(F)C(F)(F)C(F)(F)C(F)(F)C(F)(F)C(F)(F)F. The van der Waals surface area contributed by atoms with Crippen molar-refractivity contribution in [1.29, 1.82) is 0 Å². The second-order valence-corrected chi connectivity index (χ2v) is 11.1. The zero-order valence-corrected chi connectivity index (χ0v) is 25.8. The molecule has 0 aliphatic carbocycles. The maximum Gasteiger partial charge on any atom is 0.460 e. The number of ether oxygens (including phenoxy) is 3. The Bertz CT molecular complexity index is 1100. The summed E-state index contributed by atoms with van der Waals surface area (Å²) in [6.45, 7) is -2.84. The third-order valence-electron chi connectivity index (χ3n) is 7.14. The van der Waals surface area contributed by atoms with Gasteiger partial charge in [0.05, 0.1) is 19.8 Å². The van der Waals surface area contributed by atoms with Gasteiger partial charge in [-0.15, -0.1) is 0 Å². The molecule has 0 spiro atoms. The van der Waals surface area contributed by atoms with Crippen LogP contribution < -0.4 is 0 Å². The molecule has 0 aromatic heterocycles. The molecule has 0 aliphatic heterocycles. The molecule has 0 radical (unpaired) electrons. The van der Waals surface area contributed by atoms with Crippen molar-refractivity contribution in [3.63, 3.8) is 0 Å². The first-order valence-electron chi connectivity index (χ1n) is 14.8. The van der Waals surface area contributed by atoms with E-state index in [1.54, 1.807) is 30.3 Å². The lowest BCUT2D eigenvalue weighted by molar-refractivity contribution is -0.462. The van der Waals surface area contributed by atoms with E-state index in [9.17, 15) is 74.6 Å². The minimum atomic E-state index is -8.67. The number of hydrogen-bond acceptors (Lipinski definition) is 3. The molecule has 0 saturated heterocycles. The number of hydrogen-bond donors (Lipinski definition) is 0. The molecule has 1 aromatic rings. The molecule has 3 nitrogen and oxygen atoms in total. The minimum Gasteiger partial charge on any atom is -0.374 e.